The third-order valence-corrected chi connectivity index (χ3v) is 2.76. The molecule has 0 amide bonds. The first-order chi connectivity index (χ1) is 9.17. The summed E-state index contributed by atoms with van der Waals surface area (Å²) in [6.45, 7) is 11.2. The summed E-state index contributed by atoms with van der Waals surface area (Å²) in [5.74, 6) is 0.963. The number of anilines is 1. The van der Waals surface area contributed by atoms with Crippen molar-refractivity contribution in [2.75, 3.05) is 31.7 Å². The Kier molecular flexibility index (Phi) is 7.15. The van der Waals surface area contributed by atoms with E-state index in [1.165, 1.54) is 5.56 Å². The molecule has 19 heavy (non-hydrogen) atoms. The third-order valence-electron chi connectivity index (χ3n) is 2.76. The van der Waals surface area contributed by atoms with E-state index >= 15 is 0 Å². The van der Waals surface area contributed by atoms with Gasteiger partial charge in [-0.2, -0.15) is 0 Å². The van der Waals surface area contributed by atoms with Gasteiger partial charge in [-0.15, -0.1) is 6.58 Å². The lowest BCUT2D eigenvalue weighted by Gasteiger charge is -2.22. The van der Waals surface area contributed by atoms with Crippen molar-refractivity contribution in [1.29, 1.82) is 0 Å². The number of pyridine rings is 1. The molecule has 0 atom stereocenters. The SMILES string of the molecule is C=CCN(CCOC)c1ccc(CNC(C)C)cn1. The molecule has 1 rings (SSSR count). The minimum Gasteiger partial charge on any atom is -0.383 e. The minimum atomic E-state index is 0.485. The zero-order chi connectivity index (χ0) is 14.1. The number of hydrogen-bond acceptors (Lipinski definition) is 4. The van der Waals surface area contributed by atoms with Crippen LogP contribution in [0.25, 0.3) is 0 Å². The Balaban J connectivity index is 2.63. The summed E-state index contributed by atoms with van der Waals surface area (Å²) in [6, 6.07) is 4.65. The van der Waals surface area contributed by atoms with E-state index in [0.29, 0.717) is 12.6 Å². The molecule has 0 spiro atoms. The number of nitrogens with zero attached hydrogens (tertiary/aromatic N) is 2. The maximum Gasteiger partial charge on any atom is 0.128 e. The molecular weight excluding hydrogens is 238 g/mol. The van der Waals surface area contributed by atoms with Crippen molar-refractivity contribution in [3.63, 3.8) is 0 Å². The summed E-state index contributed by atoms with van der Waals surface area (Å²) in [4.78, 5) is 6.66. The molecule has 0 aliphatic carbocycles. The fourth-order valence-electron chi connectivity index (χ4n) is 1.69. The monoisotopic (exact) mass is 263 g/mol. The number of hydrogen-bond donors (Lipinski definition) is 1. The van der Waals surface area contributed by atoms with Crippen LogP contribution in [-0.2, 0) is 11.3 Å². The Hall–Kier alpha value is -1.39. The predicted octanol–water partition coefficient (Wildman–Crippen LogP) is 2.22. The van der Waals surface area contributed by atoms with Crippen LogP contribution >= 0.6 is 0 Å². The van der Waals surface area contributed by atoms with E-state index in [0.717, 1.165) is 25.5 Å². The van der Waals surface area contributed by atoms with Gasteiger partial charge in [0.15, 0.2) is 0 Å². The van der Waals surface area contributed by atoms with E-state index in [1.54, 1.807) is 7.11 Å². The van der Waals surface area contributed by atoms with Crippen molar-refractivity contribution in [3.05, 3.63) is 36.5 Å². The number of ether oxygens (including phenoxy) is 1. The van der Waals surface area contributed by atoms with E-state index < -0.39 is 0 Å². The molecule has 4 heteroatoms. The van der Waals surface area contributed by atoms with Gasteiger partial charge in [0.25, 0.3) is 0 Å². The van der Waals surface area contributed by atoms with Gasteiger partial charge in [0.1, 0.15) is 5.82 Å². The third kappa shape index (κ3) is 5.85. The topological polar surface area (TPSA) is 37.4 Å². The zero-order valence-electron chi connectivity index (χ0n) is 12.2. The lowest BCUT2D eigenvalue weighted by atomic mass is 10.2. The molecule has 1 aromatic heterocycles. The van der Waals surface area contributed by atoms with Crippen LogP contribution < -0.4 is 10.2 Å². The molecule has 4 nitrogen and oxygen atoms in total. The standard InChI is InChI=1S/C15H25N3O/c1-5-8-18(9-10-19-4)15-7-6-14(12-17-15)11-16-13(2)3/h5-7,12-13,16H,1,8-11H2,2-4H3. The van der Waals surface area contributed by atoms with Gasteiger partial charge in [0.2, 0.25) is 0 Å². The van der Waals surface area contributed by atoms with Gasteiger partial charge in [-0.05, 0) is 11.6 Å². The van der Waals surface area contributed by atoms with Crippen molar-refractivity contribution in [1.82, 2.24) is 10.3 Å². The van der Waals surface area contributed by atoms with Gasteiger partial charge in [-0.1, -0.05) is 26.0 Å². The van der Waals surface area contributed by atoms with Crippen LogP contribution in [0, 0.1) is 0 Å². The second-order valence-corrected chi connectivity index (χ2v) is 4.79. The maximum atomic E-state index is 5.12. The Bertz CT molecular complexity index is 362. The lowest BCUT2D eigenvalue weighted by molar-refractivity contribution is 0.205. The average molecular weight is 263 g/mol. The largest absolute Gasteiger partial charge is 0.383 e. The Labute approximate surface area is 116 Å². The van der Waals surface area contributed by atoms with Gasteiger partial charge in [-0.25, -0.2) is 4.98 Å². The van der Waals surface area contributed by atoms with Gasteiger partial charge >= 0.3 is 0 Å². The molecule has 0 aromatic carbocycles. The summed E-state index contributed by atoms with van der Waals surface area (Å²) in [5.41, 5.74) is 1.20. The normalized spacial score (nSPS) is 10.7. The molecule has 0 bridgehead atoms. The quantitative estimate of drug-likeness (QED) is 0.693. The van der Waals surface area contributed by atoms with Crippen LogP contribution in [0.1, 0.15) is 19.4 Å². The molecule has 106 valence electrons. The number of aromatic nitrogens is 1. The van der Waals surface area contributed by atoms with E-state index in [-0.39, 0.29) is 0 Å². The summed E-state index contributed by atoms with van der Waals surface area (Å²) in [5, 5.41) is 3.38. The maximum absolute atomic E-state index is 5.12. The van der Waals surface area contributed by atoms with Crippen LogP contribution in [0.15, 0.2) is 31.0 Å². The molecule has 0 saturated heterocycles. The average Bonchev–Trinajstić information content (AvgIpc) is 2.42. The van der Waals surface area contributed by atoms with Crippen LogP contribution in [0.3, 0.4) is 0 Å². The van der Waals surface area contributed by atoms with Crippen molar-refractivity contribution in [2.45, 2.75) is 26.4 Å². The molecular formula is C15H25N3O. The summed E-state index contributed by atoms with van der Waals surface area (Å²) >= 11 is 0. The second kappa shape index (κ2) is 8.67. The first-order valence-corrected chi connectivity index (χ1v) is 6.70. The van der Waals surface area contributed by atoms with Crippen molar-refractivity contribution >= 4 is 5.82 Å². The molecule has 0 unspecified atom stereocenters. The summed E-state index contributed by atoms with van der Waals surface area (Å²) in [7, 11) is 1.71. The highest BCUT2D eigenvalue weighted by Crippen LogP contribution is 2.11. The fourth-order valence-corrected chi connectivity index (χ4v) is 1.69. The Morgan fingerprint density at radius 1 is 1.47 bits per heavy atom. The van der Waals surface area contributed by atoms with Gasteiger partial charge < -0.3 is 15.0 Å². The van der Waals surface area contributed by atoms with Gasteiger partial charge in [0, 0.05) is 39.0 Å². The van der Waals surface area contributed by atoms with Gasteiger partial charge in [0.05, 0.1) is 6.61 Å². The smallest absolute Gasteiger partial charge is 0.128 e. The van der Waals surface area contributed by atoms with Crippen molar-refractivity contribution in [3.8, 4) is 0 Å². The minimum absolute atomic E-state index is 0.485. The first-order valence-electron chi connectivity index (χ1n) is 6.70. The van der Waals surface area contributed by atoms with Crippen LogP contribution in [0.5, 0.6) is 0 Å². The zero-order valence-corrected chi connectivity index (χ0v) is 12.2. The predicted molar refractivity (Wildman–Crippen MR) is 80.5 cm³/mol. The van der Waals surface area contributed by atoms with E-state index in [1.807, 2.05) is 12.3 Å². The van der Waals surface area contributed by atoms with E-state index in [4.69, 9.17) is 4.74 Å². The van der Waals surface area contributed by atoms with Crippen LogP contribution in [-0.4, -0.2) is 37.8 Å². The molecule has 0 aliphatic rings. The van der Waals surface area contributed by atoms with Crippen molar-refractivity contribution < 1.29 is 4.74 Å². The molecule has 0 aliphatic heterocycles. The second-order valence-electron chi connectivity index (χ2n) is 4.79. The van der Waals surface area contributed by atoms with Gasteiger partial charge in [-0.3, -0.25) is 0 Å². The van der Waals surface area contributed by atoms with Crippen LogP contribution in [0.2, 0.25) is 0 Å². The summed E-state index contributed by atoms with van der Waals surface area (Å²) in [6.07, 6.45) is 3.80. The first kappa shape index (κ1) is 15.7. The molecule has 0 fully saturated rings. The van der Waals surface area contributed by atoms with E-state index in [9.17, 15) is 0 Å². The van der Waals surface area contributed by atoms with Crippen molar-refractivity contribution in [2.24, 2.45) is 0 Å². The highest BCUT2D eigenvalue weighted by Gasteiger charge is 2.06. The molecule has 1 N–H and O–H groups in total. The highest BCUT2D eigenvalue weighted by atomic mass is 16.5. The molecule has 1 heterocycles. The molecule has 0 radical (unpaired) electrons. The highest BCUT2D eigenvalue weighted by molar-refractivity contribution is 5.40. The van der Waals surface area contributed by atoms with Crippen LogP contribution in [0.4, 0.5) is 5.82 Å². The number of rotatable bonds is 9. The number of methoxy groups -OCH3 is 1. The lowest BCUT2D eigenvalue weighted by Crippen LogP contribution is -2.28. The van der Waals surface area contributed by atoms with E-state index in [2.05, 4.69) is 47.8 Å². The number of nitrogens with one attached hydrogen (secondary N) is 1. The Morgan fingerprint density at radius 3 is 2.79 bits per heavy atom. The summed E-state index contributed by atoms with van der Waals surface area (Å²) < 4.78 is 5.12. The molecule has 0 saturated carbocycles. The molecule has 1 aromatic rings. The Morgan fingerprint density at radius 2 is 2.26 bits per heavy atom. The fraction of sp³-hybridized carbons (Fsp3) is 0.533.